The van der Waals surface area contributed by atoms with Crippen molar-refractivity contribution in [1.29, 1.82) is 0 Å². The smallest absolute Gasteiger partial charge is 0.127 e. The topological polar surface area (TPSA) is 38.7 Å². The molecule has 0 aliphatic rings. The molecule has 0 atom stereocenters. The predicted molar refractivity (Wildman–Crippen MR) is 39.9 cm³/mol. The molecule has 3 nitrogen and oxygen atoms in total. The Balaban J connectivity index is 2.93. The lowest BCUT2D eigenvalue weighted by Gasteiger charge is -1.82. The molecule has 2 aromatic heterocycles. The van der Waals surface area contributed by atoms with Gasteiger partial charge in [0.05, 0.1) is 11.1 Å². The fourth-order valence-electron chi connectivity index (χ4n) is 0.810. The monoisotopic (exact) mass is 151 g/mol. The summed E-state index contributed by atoms with van der Waals surface area (Å²) >= 11 is 1.47. The lowest BCUT2D eigenvalue weighted by Crippen LogP contribution is -1.78. The van der Waals surface area contributed by atoms with E-state index in [0.717, 1.165) is 15.9 Å². The van der Waals surface area contributed by atoms with Gasteiger partial charge in [0, 0.05) is 0 Å². The van der Waals surface area contributed by atoms with Crippen LogP contribution >= 0.6 is 11.5 Å². The van der Waals surface area contributed by atoms with E-state index in [2.05, 4.69) is 14.6 Å². The highest BCUT2D eigenvalue weighted by molar-refractivity contribution is 7.07. The molecule has 4 heteroatoms. The first-order valence-corrected chi connectivity index (χ1v) is 3.69. The molecule has 0 unspecified atom stereocenters. The van der Waals surface area contributed by atoms with Crippen LogP contribution in [0.3, 0.4) is 0 Å². The zero-order chi connectivity index (χ0) is 6.97. The normalized spacial score (nSPS) is 10.5. The van der Waals surface area contributed by atoms with Crippen LogP contribution in [0.5, 0.6) is 0 Å². The van der Waals surface area contributed by atoms with Gasteiger partial charge in [0.15, 0.2) is 0 Å². The largest absolute Gasteiger partial charge is 0.191 e. The van der Waals surface area contributed by atoms with Gasteiger partial charge in [-0.2, -0.15) is 9.47 Å². The fraction of sp³-hybridized carbons (Fsp3) is 0.167. The lowest BCUT2D eigenvalue weighted by molar-refractivity contribution is 1.07. The Kier molecular flexibility index (Phi) is 1.14. The summed E-state index contributed by atoms with van der Waals surface area (Å²) in [5.74, 6) is 0. The van der Waals surface area contributed by atoms with E-state index in [0.29, 0.717) is 0 Å². The van der Waals surface area contributed by atoms with Crippen molar-refractivity contribution in [3.8, 4) is 0 Å². The first-order chi connectivity index (χ1) is 4.88. The highest BCUT2D eigenvalue weighted by atomic mass is 32.1. The highest BCUT2D eigenvalue weighted by Crippen LogP contribution is 2.16. The maximum atomic E-state index is 4.16. The average Bonchev–Trinajstić information content (AvgIpc) is 2.34. The Morgan fingerprint density at radius 1 is 1.50 bits per heavy atom. The van der Waals surface area contributed by atoms with Crippen LogP contribution in [0, 0.1) is 6.92 Å². The molecule has 0 bridgehead atoms. The summed E-state index contributed by atoms with van der Waals surface area (Å²) in [6.07, 6.45) is 1.65. The number of hydrogen-bond acceptors (Lipinski definition) is 4. The standard InChI is InChI=1S/C6H5N3S/c1-4-6-5(9-10-4)2-3-7-8-6/h2-3H,1H3. The summed E-state index contributed by atoms with van der Waals surface area (Å²) in [6.45, 7) is 1.99. The molecule has 50 valence electrons. The van der Waals surface area contributed by atoms with Crippen LogP contribution in [-0.2, 0) is 0 Å². The van der Waals surface area contributed by atoms with E-state index < -0.39 is 0 Å². The fourth-order valence-corrected chi connectivity index (χ4v) is 1.42. The van der Waals surface area contributed by atoms with E-state index >= 15 is 0 Å². The molecule has 0 aromatic carbocycles. The Morgan fingerprint density at radius 3 is 3.20 bits per heavy atom. The third kappa shape index (κ3) is 0.690. The Hall–Kier alpha value is -1.03. The lowest BCUT2D eigenvalue weighted by atomic mass is 10.4. The summed E-state index contributed by atoms with van der Waals surface area (Å²) in [5, 5.41) is 7.70. The molecule has 0 spiro atoms. The molecular weight excluding hydrogens is 146 g/mol. The zero-order valence-electron chi connectivity index (χ0n) is 5.40. The van der Waals surface area contributed by atoms with Gasteiger partial charge in [-0.15, -0.1) is 5.10 Å². The zero-order valence-corrected chi connectivity index (χ0v) is 6.22. The van der Waals surface area contributed by atoms with Crippen molar-refractivity contribution in [2.24, 2.45) is 0 Å². The molecule has 0 aliphatic carbocycles. The summed E-state index contributed by atoms with van der Waals surface area (Å²) in [6, 6.07) is 1.87. The van der Waals surface area contributed by atoms with Crippen LogP contribution in [0.1, 0.15) is 4.88 Å². The molecular formula is C6H5N3S. The third-order valence-electron chi connectivity index (χ3n) is 1.31. The van der Waals surface area contributed by atoms with Gasteiger partial charge in [-0.3, -0.25) is 0 Å². The van der Waals surface area contributed by atoms with Crippen LogP contribution in [-0.4, -0.2) is 14.6 Å². The molecule has 0 saturated heterocycles. The summed E-state index contributed by atoms with van der Waals surface area (Å²) < 4.78 is 4.16. The minimum atomic E-state index is 0.924. The molecule has 0 amide bonds. The second kappa shape index (κ2) is 1.98. The number of aromatic nitrogens is 3. The van der Waals surface area contributed by atoms with Gasteiger partial charge in [0.2, 0.25) is 0 Å². The first kappa shape index (κ1) is 5.73. The molecule has 0 saturated carbocycles. The Bertz CT molecular complexity index is 355. The van der Waals surface area contributed by atoms with E-state index in [1.807, 2.05) is 13.0 Å². The van der Waals surface area contributed by atoms with Crippen LogP contribution in [0.25, 0.3) is 11.0 Å². The molecule has 10 heavy (non-hydrogen) atoms. The summed E-state index contributed by atoms with van der Waals surface area (Å²) in [5.41, 5.74) is 1.87. The van der Waals surface area contributed by atoms with Crippen LogP contribution in [0.4, 0.5) is 0 Å². The minimum absolute atomic E-state index is 0.924. The second-order valence-corrected chi connectivity index (χ2v) is 2.98. The molecule has 0 N–H and O–H groups in total. The van der Waals surface area contributed by atoms with Gasteiger partial charge in [-0.05, 0) is 24.5 Å². The Labute approximate surface area is 61.9 Å². The average molecular weight is 151 g/mol. The molecule has 0 fully saturated rings. The van der Waals surface area contributed by atoms with Gasteiger partial charge in [0.25, 0.3) is 0 Å². The predicted octanol–water partition coefficient (Wildman–Crippen LogP) is 1.39. The number of rotatable bonds is 0. The van der Waals surface area contributed by atoms with Crippen molar-refractivity contribution in [2.75, 3.05) is 0 Å². The van der Waals surface area contributed by atoms with Gasteiger partial charge in [-0.1, -0.05) is 0 Å². The number of fused-ring (bicyclic) bond motifs is 1. The van der Waals surface area contributed by atoms with Gasteiger partial charge >= 0.3 is 0 Å². The van der Waals surface area contributed by atoms with Crippen LogP contribution in [0.2, 0.25) is 0 Å². The molecule has 0 radical (unpaired) electrons. The van der Waals surface area contributed by atoms with Crippen LogP contribution < -0.4 is 0 Å². The number of nitrogens with zero attached hydrogens (tertiary/aromatic N) is 3. The first-order valence-electron chi connectivity index (χ1n) is 2.91. The van der Waals surface area contributed by atoms with Crippen molar-refractivity contribution >= 4 is 22.6 Å². The van der Waals surface area contributed by atoms with E-state index in [1.54, 1.807) is 6.20 Å². The maximum absolute atomic E-state index is 4.16. The summed E-state index contributed by atoms with van der Waals surface area (Å²) in [7, 11) is 0. The second-order valence-electron chi connectivity index (χ2n) is 2.00. The van der Waals surface area contributed by atoms with E-state index in [-0.39, 0.29) is 0 Å². The quantitative estimate of drug-likeness (QED) is 0.571. The molecule has 2 heterocycles. The SMILES string of the molecule is Cc1snc2ccnnc12. The van der Waals surface area contributed by atoms with E-state index in [4.69, 9.17) is 0 Å². The third-order valence-corrected chi connectivity index (χ3v) is 2.07. The highest BCUT2D eigenvalue weighted by Gasteiger charge is 2.00. The van der Waals surface area contributed by atoms with Gasteiger partial charge in [-0.25, -0.2) is 0 Å². The maximum Gasteiger partial charge on any atom is 0.127 e. The van der Waals surface area contributed by atoms with Gasteiger partial charge < -0.3 is 0 Å². The van der Waals surface area contributed by atoms with Crippen molar-refractivity contribution in [2.45, 2.75) is 6.92 Å². The van der Waals surface area contributed by atoms with E-state index in [9.17, 15) is 0 Å². The molecule has 0 aliphatic heterocycles. The van der Waals surface area contributed by atoms with Crippen molar-refractivity contribution in [3.05, 3.63) is 17.1 Å². The number of hydrogen-bond donors (Lipinski definition) is 0. The van der Waals surface area contributed by atoms with E-state index in [1.165, 1.54) is 11.5 Å². The molecule has 2 aromatic rings. The number of aryl methyl sites for hydroxylation is 1. The van der Waals surface area contributed by atoms with Crippen molar-refractivity contribution in [1.82, 2.24) is 14.6 Å². The van der Waals surface area contributed by atoms with Crippen molar-refractivity contribution < 1.29 is 0 Å². The minimum Gasteiger partial charge on any atom is -0.191 e. The van der Waals surface area contributed by atoms with Gasteiger partial charge in [0.1, 0.15) is 11.0 Å². The van der Waals surface area contributed by atoms with Crippen molar-refractivity contribution in [3.63, 3.8) is 0 Å². The molecule has 2 rings (SSSR count). The van der Waals surface area contributed by atoms with Crippen LogP contribution in [0.15, 0.2) is 12.3 Å². The summed E-state index contributed by atoms with van der Waals surface area (Å²) in [4.78, 5) is 1.13. The Morgan fingerprint density at radius 2 is 2.40 bits per heavy atom.